The Labute approximate surface area is 142 Å². The third-order valence-electron chi connectivity index (χ3n) is 3.41. The molecular weight excluding hydrogens is 326 g/mol. The molecule has 7 nitrogen and oxygen atoms in total. The van der Waals surface area contributed by atoms with Crippen LogP contribution in [0.15, 0.2) is 53.6 Å². The van der Waals surface area contributed by atoms with Crippen molar-refractivity contribution < 1.29 is 4.92 Å². The molecule has 0 bridgehead atoms. The van der Waals surface area contributed by atoms with Crippen molar-refractivity contribution in [2.45, 2.75) is 6.92 Å². The fraction of sp³-hybridized carbons (Fsp3) is 0.0625. The van der Waals surface area contributed by atoms with E-state index in [1.165, 1.54) is 17.0 Å². The van der Waals surface area contributed by atoms with Gasteiger partial charge >= 0.3 is 0 Å². The first kappa shape index (κ1) is 15.8. The normalized spacial score (nSPS) is 11.0. The van der Waals surface area contributed by atoms with E-state index in [0.717, 1.165) is 11.1 Å². The zero-order chi connectivity index (χ0) is 17.1. The maximum Gasteiger partial charge on any atom is 0.278 e. The molecule has 24 heavy (non-hydrogen) atoms. The van der Waals surface area contributed by atoms with E-state index in [1.807, 2.05) is 31.2 Å². The van der Waals surface area contributed by atoms with Gasteiger partial charge in [0.2, 0.25) is 4.77 Å². The maximum absolute atomic E-state index is 11.1. The molecule has 0 saturated heterocycles. The van der Waals surface area contributed by atoms with Crippen molar-refractivity contribution >= 4 is 24.1 Å². The summed E-state index contributed by atoms with van der Waals surface area (Å²) in [4.78, 5) is 10.6. The minimum atomic E-state index is -0.448. The van der Waals surface area contributed by atoms with Crippen LogP contribution in [0.4, 0.5) is 5.69 Å². The highest BCUT2D eigenvalue weighted by Crippen LogP contribution is 2.19. The van der Waals surface area contributed by atoms with Crippen LogP contribution in [0, 0.1) is 21.8 Å². The molecule has 0 amide bonds. The Bertz CT molecular complexity index is 973. The highest BCUT2D eigenvalue weighted by Gasteiger charge is 2.11. The van der Waals surface area contributed by atoms with Gasteiger partial charge in [-0.15, -0.1) is 0 Å². The van der Waals surface area contributed by atoms with Gasteiger partial charge < -0.3 is 0 Å². The smallest absolute Gasteiger partial charge is 0.258 e. The van der Waals surface area contributed by atoms with Crippen molar-refractivity contribution in [3.63, 3.8) is 0 Å². The monoisotopic (exact) mass is 339 g/mol. The van der Waals surface area contributed by atoms with Gasteiger partial charge in [-0.05, 0) is 25.2 Å². The highest BCUT2D eigenvalue weighted by molar-refractivity contribution is 7.71. The minimum Gasteiger partial charge on any atom is -0.258 e. The van der Waals surface area contributed by atoms with Crippen molar-refractivity contribution in [2.75, 3.05) is 0 Å². The molecular formula is C16H13N5O2S. The van der Waals surface area contributed by atoms with E-state index in [0.29, 0.717) is 16.2 Å². The SMILES string of the molecule is Cc1ccc(-c2n[nH]c(=S)n2/N=C/c2ccccc2[N+](=O)[O-])cc1. The number of aromatic nitrogens is 3. The zero-order valence-corrected chi connectivity index (χ0v) is 13.5. The molecule has 2 aromatic carbocycles. The molecule has 0 aliphatic rings. The van der Waals surface area contributed by atoms with Crippen LogP contribution in [0.5, 0.6) is 0 Å². The summed E-state index contributed by atoms with van der Waals surface area (Å²) < 4.78 is 1.75. The Morgan fingerprint density at radius 2 is 1.96 bits per heavy atom. The van der Waals surface area contributed by atoms with E-state index in [1.54, 1.807) is 18.2 Å². The van der Waals surface area contributed by atoms with Gasteiger partial charge in [0.1, 0.15) is 0 Å². The van der Waals surface area contributed by atoms with Crippen molar-refractivity contribution in [3.05, 3.63) is 74.5 Å². The van der Waals surface area contributed by atoms with Crippen LogP contribution in [-0.2, 0) is 0 Å². The third-order valence-corrected chi connectivity index (χ3v) is 3.67. The van der Waals surface area contributed by atoms with Gasteiger partial charge in [0.25, 0.3) is 5.69 Å². The number of aromatic amines is 1. The van der Waals surface area contributed by atoms with Gasteiger partial charge in [0.15, 0.2) is 5.82 Å². The van der Waals surface area contributed by atoms with Crippen LogP contribution in [0.25, 0.3) is 11.4 Å². The van der Waals surface area contributed by atoms with Crippen molar-refractivity contribution in [1.82, 2.24) is 14.9 Å². The van der Waals surface area contributed by atoms with Crippen LogP contribution in [0.3, 0.4) is 0 Å². The van der Waals surface area contributed by atoms with Gasteiger partial charge in [-0.1, -0.05) is 42.0 Å². The Morgan fingerprint density at radius 3 is 2.67 bits per heavy atom. The molecule has 0 spiro atoms. The summed E-state index contributed by atoms with van der Waals surface area (Å²) in [6.07, 6.45) is 1.40. The van der Waals surface area contributed by atoms with Crippen molar-refractivity contribution in [3.8, 4) is 11.4 Å². The summed E-state index contributed by atoms with van der Waals surface area (Å²) >= 11 is 5.20. The fourth-order valence-electron chi connectivity index (χ4n) is 2.17. The predicted molar refractivity (Wildman–Crippen MR) is 93.7 cm³/mol. The van der Waals surface area contributed by atoms with E-state index >= 15 is 0 Å². The topological polar surface area (TPSA) is 89.1 Å². The summed E-state index contributed by atoms with van der Waals surface area (Å²) in [5.74, 6) is 0.537. The highest BCUT2D eigenvalue weighted by atomic mass is 32.1. The van der Waals surface area contributed by atoms with E-state index < -0.39 is 4.92 Å². The zero-order valence-electron chi connectivity index (χ0n) is 12.7. The molecule has 0 aliphatic carbocycles. The number of nitrogens with one attached hydrogen (secondary N) is 1. The van der Waals surface area contributed by atoms with Crippen molar-refractivity contribution in [2.24, 2.45) is 5.10 Å². The number of nitro groups is 1. The maximum atomic E-state index is 11.1. The molecule has 0 aliphatic heterocycles. The van der Waals surface area contributed by atoms with E-state index in [9.17, 15) is 10.1 Å². The molecule has 3 aromatic rings. The van der Waals surface area contributed by atoms with E-state index in [-0.39, 0.29) is 5.69 Å². The standard InChI is InChI=1S/C16H13N5O2S/c1-11-6-8-12(9-7-11)15-18-19-16(24)20(15)17-10-13-4-2-3-5-14(13)21(22)23/h2-10H,1H3,(H,19,24)/b17-10+. The lowest BCUT2D eigenvalue weighted by molar-refractivity contribution is -0.385. The predicted octanol–water partition coefficient (Wildman–Crippen LogP) is 3.71. The Hall–Kier alpha value is -3.13. The lowest BCUT2D eigenvalue weighted by Crippen LogP contribution is -1.98. The second-order valence-electron chi connectivity index (χ2n) is 5.09. The molecule has 1 aromatic heterocycles. The average molecular weight is 339 g/mol. The lowest BCUT2D eigenvalue weighted by atomic mass is 10.1. The molecule has 0 atom stereocenters. The van der Waals surface area contributed by atoms with Gasteiger partial charge in [-0.3, -0.25) is 10.1 Å². The lowest BCUT2D eigenvalue weighted by Gasteiger charge is -2.02. The number of nitro benzene ring substituents is 1. The number of nitrogens with zero attached hydrogens (tertiary/aromatic N) is 4. The molecule has 0 saturated carbocycles. The number of hydrogen-bond acceptors (Lipinski definition) is 5. The summed E-state index contributed by atoms with van der Waals surface area (Å²) in [6.45, 7) is 1.99. The van der Waals surface area contributed by atoms with Crippen LogP contribution in [0.1, 0.15) is 11.1 Å². The minimum absolute atomic E-state index is 0.0202. The summed E-state index contributed by atoms with van der Waals surface area (Å²) in [7, 11) is 0. The number of benzene rings is 2. The van der Waals surface area contributed by atoms with E-state index in [4.69, 9.17) is 12.2 Å². The molecule has 8 heteroatoms. The molecule has 120 valence electrons. The quantitative estimate of drug-likeness (QED) is 0.340. The van der Waals surface area contributed by atoms with E-state index in [2.05, 4.69) is 15.3 Å². The van der Waals surface area contributed by atoms with Gasteiger partial charge in [0, 0.05) is 11.6 Å². The molecule has 3 rings (SSSR count). The Kier molecular flexibility index (Phi) is 4.30. The van der Waals surface area contributed by atoms with Crippen molar-refractivity contribution in [1.29, 1.82) is 0 Å². The molecule has 1 N–H and O–H groups in total. The Morgan fingerprint density at radius 1 is 1.25 bits per heavy atom. The first-order valence-electron chi connectivity index (χ1n) is 7.08. The van der Waals surface area contributed by atoms with Crippen LogP contribution >= 0.6 is 12.2 Å². The molecule has 0 fully saturated rings. The average Bonchev–Trinajstić information content (AvgIpc) is 2.94. The second kappa shape index (κ2) is 6.55. The van der Waals surface area contributed by atoms with Crippen LogP contribution in [0.2, 0.25) is 0 Å². The van der Waals surface area contributed by atoms with Gasteiger partial charge in [-0.25, -0.2) is 5.10 Å². The summed E-state index contributed by atoms with van der Waals surface area (Å²) in [5.41, 5.74) is 2.34. The number of hydrogen-bond donors (Lipinski definition) is 1. The number of para-hydroxylation sites is 1. The molecule has 0 unspecified atom stereocenters. The number of rotatable bonds is 4. The Balaban J connectivity index is 2.03. The van der Waals surface area contributed by atoms with Gasteiger partial charge in [-0.2, -0.15) is 14.9 Å². The van der Waals surface area contributed by atoms with Crippen LogP contribution in [-0.4, -0.2) is 26.0 Å². The summed E-state index contributed by atoms with van der Waals surface area (Å²) in [6, 6.07) is 14.1. The number of aryl methyl sites for hydroxylation is 1. The first-order valence-corrected chi connectivity index (χ1v) is 7.49. The fourth-order valence-corrected chi connectivity index (χ4v) is 2.35. The first-order chi connectivity index (χ1) is 11.6. The molecule has 0 radical (unpaired) electrons. The molecule has 1 heterocycles. The third kappa shape index (κ3) is 3.13. The van der Waals surface area contributed by atoms with Crippen LogP contribution < -0.4 is 0 Å². The summed E-state index contributed by atoms with van der Waals surface area (Å²) in [5, 5.41) is 22.2. The number of H-pyrrole nitrogens is 1. The van der Waals surface area contributed by atoms with Gasteiger partial charge in [0.05, 0.1) is 16.7 Å². The second-order valence-corrected chi connectivity index (χ2v) is 5.48. The largest absolute Gasteiger partial charge is 0.278 e.